The zero-order chi connectivity index (χ0) is 14.5. The van der Waals surface area contributed by atoms with Crippen LogP contribution in [-0.2, 0) is 4.74 Å². The summed E-state index contributed by atoms with van der Waals surface area (Å²) >= 11 is 0. The fourth-order valence-corrected chi connectivity index (χ4v) is 2.55. The van der Waals surface area contributed by atoms with Crippen LogP contribution in [0.2, 0.25) is 0 Å². The predicted molar refractivity (Wildman–Crippen MR) is 75.7 cm³/mol. The molecule has 0 amide bonds. The van der Waals surface area contributed by atoms with Gasteiger partial charge in [-0.15, -0.1) is 0 Å². The number of hydrogen-bond donors (Lipinski definition) is 2. The standard InChI is InChI=1S/C14H20FN3O2/c1-18(9-10-5-7-20-8-6-10)12-4-2-3-11(15)13(12)14(16)17-19/h2-4,10,19H,5-9H2,1H3,(H2,16,17). The molecule has 1 aromatic rings. The molecule has 6 heteroatoms. The van der Waals surface area contributed by atoms with Crippen LogP contribution in [0.1, 0.15) is 18.4 Å². The van der Waals surface area contributed by atoms with Crippen molar-refractivity contribution in [1.82, 2.24) is 0 Å². The van der Waals surface area contributed by atoms with Crippen LogP contribution in [0, 0.1) is 11.7 Å². The van der Waals surface area contributed by atoms with Crippen LogP contribution < -0.4 is 10.6 Å². The molecule has 0 unspecified atom stereocenters. The number of oxime groups is 1. The van der Waals surface area contributed by atoms with E-state index in [0.717, 1.165) is 32.6 Å². The molecule has 110 valence electrons. The highest BCUT2D eigenvalue weighted by Gasteiger charge is 2.20. The van der Waals surface area contributed by atoms with Gasteiger partial charge in [-0.1, -0.05) is 11.2 Å². The molecule has 1 aliphatic rings. The molecule has 0 saturated carbocycles. The molecular formula is C14H20FN3O2. The van der Waals surface area contributed by atoms with Gasteiger partial charge >= 0.3 is 0 Å². The number of nitrogens with zero attached hydrogens (tertiary/aromatic N) is 2. The van der Waals surface area contributed by atoms with Gasteiger partial charge in [-0.2, -0.15) is 0 Å². The van der Waals surface area contributed by atoms with E-state index >= 15 is 0 Å². The van der Waals surface area contributed by atoms with Crippen molar-refractivity contribution in [3.05, 3.63) is 29.6 Å². The van der Waals surface area contributed by atoms with Crippen LogP contribution in [-0.4, -0.2) is 37.8 Å². The second kappa shape index (κ2) is 6.56. The van der Waals surface area contributed by atoms with E-state index in [1.165, 1.54) is 6.07 Å². The summed E-state index contributed by atoms with van der Waals surface area (Å²) in [6.45, 7) is 2.34. The zero-order valence-electron chi connectivity index (χ0n) is 11.6. The molecule has 1 aliphatic heterocycles. The maximum atomic E-state index is 13.9. The van der Waals surface area contributed by atoms with E-state index in [9.17, 15) is 4.39 Å². The molecule has 0 aromatic heterocycles. The van der Waals surface area contributed by atoms with Crippen molar-refractivity contribution in [2.45, 2.75) is 12.8 Å². The largest absolute Gasteiger partial charge is 0.409 e. The predicted octanol–water partition coefficient (Wildman–Crippen LogP) is 1.78. The molecule has 1 aromatic carbocycles. The van der Waals surface area contributed by atoms with Crippen molar-refractivity contribution >= 4 is 11.5 Å². The molecule has 0 radical (unpaired) electrons. The van der Waals surface area contributed by atoms with Crippen LogP contribution in [0.4, 0.5) is 10.1 Å². The number of nitrogens with two attached hydrogens (primary N) is 1. The lowest BCUT2D eigenvalue weighted by atomic mass is 9.99. The number of rotatable bonds is 4. The average molecular weight is 281 g/mol. The first kappa shape index (κ1) is 14.6. The lowest BCUT2D eigenvalue weighted by Gasteiger charge is -2.29. The van der Waals surface area contributed by atoms with E-state index in [4.69, 9.17) is 15.7 Å². The van der Waals surface area contributed by atoms with Crippen LogP contribution in [0.5, 0.6) is 0 Å². The summed E-state index contributed by atoms with van der Waals surface area (Å²) in [7, 11) is 1.89. The Kier molecular flexibility index (Phi) is 4.79. The third kappa shape index (κ3) is 3.19. The van der Waals surface area contributed by atoms with E-state index in [0.29, 0.717) is 11.6 Å². The summed E-state index contributed by atoms with van der Waals surface area (Å²) in [5, 5.41) is 11.7. The lowest BCUT2D eigenvalue weighted by Crippen LogP contribution is -2.31. The van der Waals surface area contributed by atoms with Gasteiger partial charge < -0.3 is 20.6 Å². The van der Waals surface area contributed by atoms with Gasteiger partial charge in [-0.25, -0.2) is 4.39 Å². The number of hydrogen-bond acceptors (Lipinski definition) is 4. The SMILES string of the molecule is CN(CC1CCOCC1)c1cccc(F)c1C(N)=NO. The molecule has 1 fully saturated rings. The minimum absolute atomic E-state index is 0.143. The Bertz CT molecular complexity index is 487. The molecule has 0 atom stereocenters. The van der Waals surface area contributed by atoms with Crippen molar-refractivity contribution < 1.29 is 14.3 Å². The first-order valence-electron chi connectivity index (χ1n) is 6.68. The van der Waals surface area contributed by atoms with Gasteiger partial charge in [0.2, 0.25) is 0 Å². The fourth-order valence-electron chi connectivity index (χ4n) is 2.55. The average Bonchev–Trinajstić information content (AvgIpc) is 2.47. The van der Waals surface area contributed by atoms with Gasteiger partial charge in [0.05, 0.1) is 11.3 Å². The fraction of sp³-hybridized carbons (Fsp3) is 0.500. The van der Waals surface area contributed by atoms with Gasteiger partial charge in [0.15, 0.2) is 5.84 Å². The molecule has 0 bridgehead atoms. The normalized spacial score (nSPS) is 17.2. The van der Waals surface area contributed by atoms with Gasteiger partial charge in [-0.05, 0) is 30.9 Å². The molecule has 5 nitrogen and oxygen atoms in total. The highest BCUT2D eigenvalue weighted by atomic mass is 19.1. The summed E-state index contributed by atoms with van der Waals surface area (Å²) in [5.41, 5.74) is 6.35. The van der Waals surface area contributed by atoms with Crippen molar-refractivity contribution in [3.8, 4) is 0 Å². The molecule has 3 N–H and O–H groups in total. The number of halogens is 1. The number of ether oxygens (including phenoxy) is 1. The molecule has 0 aliphatic carbocycles. The third-order valence-corrected chi connectivity index (χ3v) is 3.64. The summed E-state index contributed by atoms with van der Waals surface area (Å²) in [6, 6.07) is 4.70. The Labute approximate surface area is 117 Å². The van der Waals surface area contributed by atoms with Crippen molar-refractivity contribution in [2.75, 3.05) is 31.7 Å². The lowest BCUT2D eigenvalue weighted by molar-refractivity contribution is 0.0685. The topological polar surface area (TPSA) is 71.1 Å². The zero-order valence-corrected chi connectivity index (χ0v) is 11.6. The molecule has 20 heavy (non-hydrogen) atoms. The monoisotopic (exact) mass is 281 g/mol. The first-order chi connectivity index (χ1) is 9.63. The van der Waals surface area contributed by atoms with E-state index in [-0.39, 0.29) is 11.4 Å². The number of benzene rings is 1. The van der Waals surface area contributed by atoms with Crippen LogP contribution >= 0.6 is 0 Å². The third-order valence-electron chi connectivity index (χ3n) is 3.64. The van der Waals surface area contributed by atoms with Gasteiger partial charge in [0.1, 0.15) is 5.82 Å². The van der Waals surface area contributed by atoms with Gasteiger partial charge in [-0.3, -0.25) is 0 Å². The molecule has 1 saturated heterocycles. The van der Waals surface area contributed by atoms with Crippen LogP contribution in [0.25, 0.3) is 0 Å². The Balaban J connectivity index is 2.20. The first-order valence-corrected chi connectivity index (χ1v) is 6.68. The summed E-state index contributed by atoms with van der Waals surface area (Å²) in [5.74, 6) is -0.189. The van der Waals surface area contributed by atoms with Crippen molar-refractivity contribution in [2.24, 2.45) is 16.8 Å². The maximum Gasteiger partial charge on any atom is 0.175 e. The molecular weight excluding hydrogens is 261 g/mol. The quantitative estimate of drug-likeness (QED) is 0.382. The molecule has 2 rings (SSSR count). The Morgan fingerprint density at radius 2 is 2.20 bits per heavy atom. The van der Waals surface area contributed by atoms with E-state index < -0.39 is 5.82 Å². The number of anilines is 1. The Morgan fingerprint density at radius 1 is 1.50 bits per heavy atom. The Morgan fingerprint density at radius 3 is 2.85 bits per heavy atom. The smallest absolute Gasteiger partial charge is 0.175 e. The molecule has 1 heterocycles. The summed E-state index contributed by atoms with van der Waals surface area (Å²) in [4.78, 5) is 1.95. The minimum atomic E-state index is -0.489. The van der Waals surface area contributed by atoms with Crippen molar-refractivity contribution in [3.63, 3.8) is 0 Å². The minimum Gasteiger partial charge on any atom is -0.409 e. The molecule has 0 spiro atoms. The van der Waals surface area contributed by atoms with Crippen LogP contribution in [0.3, 0.4) is 0 Å². The Hall–Kier alpha value is -1.82. The second-order valence-corrected chi connectivity index (χ2v) is 5.06. The second-order valence-electron chi connectivity index (χ2n) is 5.06. The van der Waals surface area contributed by atoms with Gasteiger partial charge in [0, 0.05) is 26.8 Å². The van der Waals surface area contributed by atoms with Crippen LogP contribution in [0.15, 0.2) is 23.4 Å². The van der Waals surface area contributed by atoms with E-state index in [1.54, 1.807) is 12.1 Å². The summed E-state index contributed by atoms with van der Waals surface area (Å²) in [6.07, 6.45) is 2.00. The highest BCUT2D eigenvalue weighted by Crippen LogP contribution is 2.25. The van der Waals surface area contributed by atoms with Gasteiger partial charge in [0.25, 0.3) is 0 Å². The maximum absolute atomic E-state index is 13.9. The van der Waals surface area contributed by atoms with Crippen molar-refractivity contribution in [1.29, 1.82) is 0 Å². The number of amidine groups is 1. The van der Waals surface area contributed by atoms with E-state index in [2.05, 4.69) is 5.16 Å². The summed E-state index contributed by atoms with van der Waals surface area (Å²) < 4.78 is 19.2. The van der Waals surface area contributed by atoms with E-state index in [1.807, 2.05) is 11.9 Å². The highest BCUT2D eigenvalue weighted by molar-refractivity contribution is 6.02.